The van der Waals surface area contributed by atoms with E-state index in [1.165, 1.54) is 0 Å². The van der Waals surface area contributed by atoms with Gasteiger partial charge in [0.05, 0.1) is 0 Å². The van der Waals surface area contributed by atoms with E-state index in [9.17, 15) is 9.59 Å². The second-order valence-electron chi connectivity index (χ2n) is 1.57. The Bertz CT molecular complexity index is 138. The molecule has 0 bridgehead atoms. The van der Waals surface area contributed by atoms with Crippen LogP contribution < -0.4 is 0 Å². The van der Waals surface area contributed by atoms with Gasteiger partial charge in [-0.3, -0.25) is 0 Å². The summed E-state index contributed by atoms with van der Waals surface area (Å²) in [6.07, 6.45) is -4.53. The molecule has 0 aromatic heterocycles. The standard InChI is InChI=1S/C4H6O6.8H2O/c5-1(3(7)8)2(6)4(9)10;;;;;;;;/h1-2,5-6H,(H,7,8)(H,9,10);8*1H2. The zero-order valence-corrected chi connectivity index (χ0v) is 8.76. The molecule has 0 saturated heterocycles. The number of carbonyl (C=O) groups is 2. The first-order valence-electron chi connectivity index (χ1n) is 2.28. The van der Waals surface area contributed by atoms with E-state index in [1.54, 1.807) is 0 Å². The fraction of sp³-hybridized carbons (Fsp3) is 0.500. The van der Waals surface area contributed by atoms with Gasteiger partial charge in [0, 0.05) is 0 Å². The van der Waals surface area contributed by atoms with E-state index < -0.39 is 24.1 Å². The number of aliphatic carboxylic acids is 2. The smallest absolute Gasteiger partial charge is 0.335 e. The zero-order chi connectivity index (χ0) is 8.31. The number of aliphatic hydroxyl groups excluding tert-OH is 2. The number of carboxylic acids is 2. The maximum absolute atomic E-state index is 9.77. The second kappa shape index (κ2) is 29.6. The molecule has 0 fully saturated rings. The van der Waals surface area contributed by atoms with Gasteiger partial charge in [-0.2, -0.15) is 0 Å². The Morgan fingerprint density at radius 2 is 0.667 bits per heavy atom. The van der Waals surface area contributed by atoms with Gasteiger partial charge in [-0.1, -0.05) is 0 Å². The highest BCUT2D eigenvalue weighted by Gasteiger charge is 2.29. The first kappa shape index (κ1) is 70.3. The van der Waals surface area contributed by atoms with Crippen molar-refractivity contribution < 1.29 is 73.8 Å². The average Bonchev–Trinajstić information content (AvgIpc) is 1.84. The molecule has 0 saturated carbocycles. The molecule has 0 aromatic carbocycles. The van der Waals surface area contributed by atoms with Crippen LogP contribution in [-0.4, -0.2) is 88.4 Å². The van der Waals surface area contributed by atoms with Gasteiger partial charge in [0.15, 0.2) is 12.2 Å². The number of hydrogen-bond acceptors (Lipinski definition) is 4. The molecule has 0 aliphatic rings. The Morgan fingerprint density at radius 3 is 0.722 bits per heavy atom. The van der Waals surface area contributed by atoms with E-state index in [2.05, 4.69) is 0 Å². The van der Waals surface area contributed by atoms with Crippen LogP contribution in [0.3, 0.4) is 0 Å². The van der Waals surface area contributed by atoms with Crippen LogP contribution in [0.25, 0.3) is 0 Å². The molecule has 18 heavy (non-hydrogen) atoms. The summed E-state index contributed by atoms with van der Waals surface area (Å²) in [6, 6.07) is 0. The van der Waals surface area contributed by atoms with Crippen molar-refractivity contribution in [3.8, 4) is 0 Å². The molecular formula is C4H22O14. The second-order valence-corrected chi connectivity index (χ2v) is 1.57. The van der Waals surface area contributed by atoms with Crippen LogP contribution in [0.4, 0.5) is 0 Å². The average molecular weight is 294 g/mol. The number of carboxylic acid groups (broad SMARTS) is 2. The van der Waals surface area contributed by atoms with Crippen LogP contribution >= 0.6 is 0 Å². The summed E-state index contributed by atoms with van der Waals surface area (Å²) in [7, 11) is 0. The quantitative estimate of drug-likeness (QED) is 0.390. The third-order valence-electron chi connectivity index (χ3n) is 0.805. The van der Waals surface area contributed by atoms with Gasteiger partial charge in [0.1, 0.15) is 0 Å². The molecule has 0 spiro atoms. The van der Waals surface area contributed by atoms with Gasteiger partial charge < -0.3 is 64.2 Å². The Labute approximate surface area is 99.2 Å². The molecular weight excluding hydrogens is 272 g/mol. The van der Waals surface area contributed by atoms with E-state index in [-0.39, 0.29) is 43.8 Å². The van der Waals surface area contributed by atoms with Crippen LogP contribution in [0.2, 0.25) is 0 Å². The lowest BCUT2D eigenvalue weighted by atomic mass is 10.2. The largest absolute Gasteiger partial charge is 0.479 e. The Kier molecular flexibility index (Phi) is 115. The molecule has 0 aromatic rings. The lowest BCUT2D eigenvalue weighted by Crippen LogP contribution is -2.39. The van der Waals surface area contributed by atoms with Crippen molar-refractivity contribution in [2.24, 2.45) is 0 Å². The number of rotatable bonds is 3. The van der Waals surface area contributed by atoms with E-state index in [0.29, 0.717) is 0 Å². The predicted octanol–water partition coefficient (Wildman–Crippen LogP) is -8.72. The van der Waals surface area contributed by atoms with Crippen LogP contribution in [-0.2, 0) is 9.59 Å². The van der Waals surface area contributed by atoms with Crippen molar-refractivity contribution in [1.82, 2.24) is 0 Å². The van der Waals surface area contributed by atoms with Crippen molar-refractivity contribution in [2.75, 3.05) is 0 Å². The summed E-state index contributed by atoms with van der Waals surface area (Å²) in [5.74, 6) is -3.54. The highest BCUT2D eigenvalue weighted by atomic mass is 16.4. The molecule has 0 aliphatic heterocycles. The van der Waals surface area contributed by atoms with Gasteiger partial charge in [0.2, 0.25) is 0 Å². The van der Waals surface area contributed by atoms with Gasteiger partial charge >= 0.3 is 11.9 Å². The van der Waals surface area contributed by atoms with E-state index >= 15 is 0 Å². The topological polar surface area (TPSA) is 367 Å². The Hall–Kier alpha value is -1.46. The molecule has 2 unspecified atom stereocenters. The summed E-state index contributed by atoms with van der Waals surface area (Å²) in [4.78, 5) is 19.5. The predicted molar refractivity (Wildman–Crippen MR) is 56.2 cm³/mol. The van der Waals surface area contributed by atoms with Crippen molar-refractivity contribution in [3.05, 3.63) is 0 Å². The highest BCUT2D eigenvalue weighted by molar-refractivity contribution is 5.82. The molecule has 0 aliphatic carbocycles. The van der Waals surface area contributed by atoms with Crippen LogP contribution in [0.5, 0.6) is 0 Å². The minimum Gasteiger partial charge on any atom is -0.479 e. The third kappa shape index (κ3) is 24.0. The van der Waals surface area contributed by atoms with Gasteiger partial charge in [-0.15, -0.1) is 0 Å². The fourth-order valence-electron chi connectivity index (χ4n) is 0.270. The molecule has 0 radical (unpaired) electrons. The summed E-state index contributed by atoms with van der Waals surface area (Å²) in [5.41, 5.74) is 0. The van der Waals surface area contributed by atoms with Gasteiger partial charge in [-0.05, 0) is 0 Å². The monoisotopic (exact) mass is 294 g/mol. The lowest BCUT2D eigenvalue weighted by molar-refractivity contribution is -0.165. The van der Waals surface area contributed by atoms with Crippen LogP contribution in [0.15, 0.2) is 0 Å². The summed E-state index contributed by atoms with van der Waals surface area (Å²) < 4.78 is 0. The van der Waals surface area contributed by atoms with E-state index in [0.717, 1.165) is 0 Å². The summed E-state index contributed by atoms with van der Waals surface area (Å²) in [6.45, 7) is 0. The molecule has 14 nitrogen and oxygen atoms in total. The molecule has 0 heterocycles. The maximum Gasteiger partial charge on any atom is 0.335 e. The number of aliphatic hydroxyl groups is 2. The molecule has 0 rings (SSSR count). The SMILES string of the molecule is O.O.O.O.O.O.O.O.O=C(O)C(O)C(O)C(=O)O. The van der Waals surface area contributed by atoms with Gasteiger partial charge in [-0.25, -0.2) is 9.59 Å². The Balaban J connectivity index is -0.0000000145. The van der Waals surface area contributed by atoms with Crippen LogP contribution in [0.1, 0.15) is 0 Å². The fourth-order valence-corrected chi connectivity index (χ4v) is 0.270. The molecule has 122 valence electrons. The van der Waals surface area contributed by atoms with Gasteiger partial charge in [0.25, 0.3) is 0 Å². The minimum absolute atomic E-state index is 0. The highest BCUT2D eigenvalue weighted by Crippen LogP contribution is 1.92. The lowest BCUT2D eigenvalue weighted by Gasteiger charge is -2.07. The zero-order valence-electron chi connectivity index (χ0n) is 8.76. The molecule has 2 atom stereocenters. The minimum atomic E-state index is -2.27. The first-order chi connectivity index (χ1) is 4.46. The Morgan fingerprint density at radius 1 is 0.556 bits per heavy atom. The van der Waals surface area contributed by atoms with Crippen molar-refractivity contribution in [3.63, 3.8) is 0 Å². The summed E-state index contributed by atoms with van der Waals surface area (Å²) in [5, 5.41) is 32.5. The van der Waals surface area contributed by atoms with Crippen molar-refractivity contribution >= 4 is 11.9 Å². The summed E-state index contributed by atoms with van der Waals surface area (Å²) >= 11 is 0. The normalized spacial score (nSPS) is 8.78. The number of hydrogen-bond donors (Lipinski definition) is 4. The molecule has 14 heteroatoms. The maximum atomic E-state index is 9.77. The molecule has 0 amide bonds. The van der Waals surface area contributed by atoms with Crippen molar-refractivity contribution in [1.29, 1.82) is 0 Å². The van der Waals surface area contributed by atoms with E-state index in [4.69, 9.17) is 20.4 Å². The molecule has 20 N–H and O–H groups in total. The van der Waals surface area contributed by atoms with E-state index in [1.807, 2.05) is 0 Å². The van der Waals surface area contributed by atoms with Crippen molar-refractivity contribution in [2.45, 2.75) is 12.2 Å². The third-order valence-corrected chi connectivity index (χ3v) is 0.805. The first-order valence-corrected chi connectivity index (χ1v) is 2.28. The van der Waals surface area contributed by atoms with Crippen LogP contribution in [0, 0.1) is 0 Å².